The van der Waals surface area contributed by atoms with E-state index in [-0.39, 0.29) is 6.04 Å². The van der Waals surface area contributed by atoms with E-state index in [2.05, 4.69) is 102 Å². The van der Waals surface area contributed by atoms with Gasteiger partial charge in [-0.2, -0.15) is 0 Å². The average molecular weight is 406 g/mol. The number of rotatable bonds is 5. The van der Waals surface area contributed by atoms with E-state index in [1.807, 2.05) is 12.1 Å². The molecule has 1 saturated heterocycles. The molecule has 1 aliphatic rings. The molecule has 1 aliphatic heterocycles. The highest BCUT2D eigenvalue weighted by Crippen LogP contribution is 2.38. The standard InChI is InChI=1S/C29H27NO/c31-29(28-12-7-21-30-28,26-17-13-24(14-18-26)22-8-3-1-4-9-22)27-19-15-25(16-20-27)23-10-5-2-6-11-23/h1-6,8-11,13-20,28,30-31H,7,12,21H2/t28-/m1/s1. The molecule has 4 aromatic carbocycles. The highest BCUT2D eigenvalue weighted by molar-refractivity contribution is 5.65. The lowest BCUT2D eigenvalue weighted by atomic mass is 9.78. The SMILES string of the molecule is OC(c1ccc(-c2ccccc2)cc1)(c1ccc(-c2ccccc2)cc1)[C@H]1CCCN1. The van der Waals surface area contributed by atoms with Crippen LogP contribution in [0.4, 0.5) is 0 Å². The molecule has 0 unspecified atom stereocenters. The monoisotopic (exact) mass is 405 g/mol. The third-order valence-corrected chi connectivity index (χ3v) is 6.43. The van der Waals surface area contributed by atoms with Gasteiger partial charge in [0.1, 0.15) is 5.60 Å². The zero-order chi connectivity index (χ0) is 21.1. The van der Waals surface area contributed by atoms with Gasteiger partial charge in [-0.1, -0.05) is 109 Å². The van der Waals surface area contributed by atoms with Crippen molar-refractivity contribution in [1.82, 2.24) is 5.32 Å². The van der Waals surface area contributed by atoms with Gasteiger partial charge >= 0.3 is 0 Å². The molecular weight excluding hydrogens is 378 g/mol. The first-order chi connectivity index (χ1) is 15.2. The Kier molecular flexibility index (Phi) is 5.42. The molecule has 0 saturated carbocycles. The van der Waals surface area contributed by atoms with Gasteiger partial charge in [-0.25, -0.2) is 0 Å². The first-order valence-corrected chi connectivity index (χ1v) is 11.0. The number of hydrogen-bond acceptors (Lipinski definition) is 2. The summed E-state index contributed by atoms with van der Waals surface area (Å²) in [5, 5.41) is 15.7. The fourth-order valence-electron chi connectivity index (χ4n) is 4.70. The fraction of sp³-hybridized carbons (Fsp3) is 0.172. The van der Waals surface area contributed by atoms with E-state index in [9.17, 15) is 5.11 Å². The molecular formula is C29H27NO. The first kappa shape index (κ1) is 19.7. The molecule has 4 aromatic rings. The van der Waals surface area contributed by atoms with Gasteiger partial charge in [-0.3, -0.25) is 0 Å². The molecule has 0 aliphatic carbocycles. The molecule has 31 heavy (non-hydrogen) atoms. The molecule has 0 amide bonds. The molecule has 5 rings (SSSR count). The molecule has 1 heterocycles. The Balaban J connectivity index is 1.52. The number of nitrogens with one attached hydrogen (secondary N) is 1. The van der Waals surface area contributed by atoms with Crippen molar-refractivity contribution in [2.45, 2.75) is 24.5 Å². The van der Waals surface area contributed by atoms with Crippen LogP contribution in [0.1, 0.15) is 24.0 Å². The summed E-state index contributed by atoms with van der Waals surface area (Å²) in [6.07, 6.45) is 2.04. The number of hydrogen-bond donors (Lipinski definition) is 2. The molecule has 1 atom stereocenters. The van der Waals surface area contributed by atoms with Crippen molar-refractivity contribution in [3.8, 4) is 22.3 Å². The molecule has 2 heteroatoms. The lowest BCUT2D eigenvalue weighted by Gasteiger charge is -2.35. The molecule has 0 radical (unpaired) electrons. The second kappa shape index (κ2) is 8.50. The first-order valence-electron chi connectivity index (χ1n) is 11.0. The second-order valence-corrected chi connectivity index (χ2v) is 8.30. The van der Waals surface area contributed by atoms with Crippen molar-refractivity contribution in [3.63, 3.8) is 0 Å². The predicted octanol–water partition coefficient (Wildman–Crippen LogP) is 6.01. The summed E-state index contributed by atoms with van der Waals surface area (Å²) in [5.41, 5.74) is 5.47. The van der Waals surface area contributed by atoms with E-state index in [1.165, 1.54) is 11.1 Å². The van der Waals surface area contributed by atoms with E-state index in [1.54, 1.807) is 0 Å². The summed E-state index contributed by atoms with van der Waals surface area (Å²) >= 11 is 0. The maximum absolute atomic E-state index is 12.1. The zero-order valence-corrected chi connectivity index (χ0v) is 17.5. The predicted molar refractivity (Wildman–Crippen MR) is 128 cm³/mol. The highest BCUT2D eigenvalue weighted by atomic mass is 16.3. The topological polar surface area (TPSA) is 32.3 Å². The van der Waals surface area contributed by atoms with Gasteiger partial charge in [0.2, 0.25) is 0 Å². The van der Waals surface area contributed by atoms with Crippen molar-refractivity contribution in [2.24, 2.45) is 0 Å². The lowest BCUT2D eigenvalue weighted by molar-refractivity contribution is 0.0443. The van der Waals surface area contributed by atoms with Crippen LogP contribution in [0, 0.1) is 0 Å². The minimum atomic E-state index is -1.07. The van der Waals surface area contributed by atoms with Gasteiger partial charge in [0.15, 0.2) is 0 Å². The summed E-state index contributed by atoms with van der Waals surface area (Å²) in [5.74, 6) is 0. The van der Waals surface area contributed by atoms with E-state index in [0.717, 1.165) is 41.6 Å². The van der Waals surface area contributed by atoms with Crippen LogP contribution in [0.25, 0.3) is 22.3 Å². The van der Waals surface area contributed by atoms with Crippen molar-refractivity contribution < 1.29 is 5.11 Å². The minimum Gasteiger partial charge on any atom is -0.379 e. The summed E-state index contributed by atoms with van der Waals surface area (Å²) in [7, 11) is 0. The Hall–Kier alpha value is -3.20. The Bertz CT molecular complexity index is 1030. The van der Waals surface area contributed by atoms with Gasteiger partial charge in [-0.15, -0.1) is 0 Å². The maximum Gasteiger partial charge on any atom is 0.130 e. The van der Waals surface area contributed by atoms with E-state index >= 15 is 0 Å². The second-order valence-electron chi connectivity index (χ2n) is 8.30. The summed E-state index contributed by atoms with van der Waals surface area (Å²) < 4.78 is 0. The Morgan fingerprint density at radius 3 is 1.39 bits per heavy atom. The van der Waals surface area contributed by atoms with E-state index in [4.69, 9.17) is 0 Å². The lowest BCUT2D eigenvalue weighted by Crippen LogP contribution is -2.46. The van der Waals surface area contributed by atoms with Gasteiger partial charge in [0.25, 0.3) is 0 Å². The Labute approximate surface area is 184 Å². The Morgan fingerprint density at radius 2 is 1.00 bits per heavy atom. The molecule has 2 nitrogen and oxygen atoms in total. The number of aliphatic hydroxyl groups is 1. The van der Waals surface area contributed by atoms with Crippen LogP contribution in [0.15, 0.2) is 109 Å². The average Bonchev–Trinajstić information content (AvgIpc) is 3.41. The van der Waals surface area contributed by atoms with E-state index < -0.39 is 5.60 Å². The molecule has 0 spiro atoms. The molecule has 1 fully saturated rings. The van der Waals surface area contributed by atoms with Crippen LogP contribution in [0.5, 0.6) is 0 Å². The summed E-state index contributed by atoms with van der Waals surface area (Å²) in [6, 6.07) is 37.5. The third kappa shape index (κ3) is 3.81. The maximum atomic E-state index is 12.1. The minimum absolute atomic E-state index is 0.00218. The fourth-order valence-corrected chi connectivity index (χ4v) is 4.70. The van der Waals surface area contributed by atoms with Gasteiger partial charge in [0.05, 0.1) is 0 Å². The van der Waals surface area contributed by atoms with Crippen LogP contribution >= 0.6 is 0 Å². The summed E-state index contributed by atoms with van der Waals surface area (Å²) in [6.45, 7) is 0.942. The zero-order valence-electron chi connectivity index (χ0n) is 17.5. The van der Waals surface area contributed by atoms with Gasteiger partial charge in [0, 0.05) is 6.04 Å². The van der Waals surface area contributed by atoms with Gasteiger partial charge in [-0.05, 0) is 52.8 Å². The van der Waals surface area contributed by atoms with Crippen LogP contribution in [0.2, 0.25) is 0 Å². The van der Waals surface area contributed by atoms with Crippen molar-refractivity contribution >= 4 is 0 Å². The van der Waals surface area contributed by atoms with Crippen molar-refractivity contribution in [2.75, 3.05) is 6.54 Å². The smallest absolute Gasteiger partial charge is 0.130 e. The van der Waals surface area contributed by atoms with Crippen molar-refractivity contribution in [3.05, 3.63) is 120 Å². The van der Waals surface area contributed by atoms with Crippen LogP contribution in [-0.4, -0.2) is 17.7 Å². The van der Waals surface area contributed by atoms with E-state index in [0.29, 0.717) is 0 Å². The molecule has 154 valence electrons. The number of benzene rings is 4. The molecule has 0 bridgehead atoms. The Morgan fingerprint density at radius 1 is 0.581 bits per heavy atom. The van der Waals surface area contributed by atoms with Crippen LogP contribution in [-0.2, 0) is 5.60 Å². The third-order valence-electron chi connectivity index (χ3n) is 6.43. The largest absolute Gasteiger partial charge is 0.379 e. The van der Waals surface area contributed by atoms with Gasteiger partial charge < -0.3 is 10.4 Å². The quantitative estimate of drug-likeness (QED) is 0.426. The normalized spacial score (nSPS) is 16.4. The van der Waals surface area contributed by atoms with Crippen molar-refractivity contribution in [1.29, 1.82) is 0 Å². The molecule has 2 N–H and O–H groups in total. The summed E-state index contributed by atoms with van der Waals surface area (Å²) in [4.78, 5) is 0. The molecule has 0 aromatic heterocycles. The van der Waals surface area contributed by atoms with Crippen LogP contribution < -0.4 is 5.32 Å². The van der Waals surface area contributed by atoms with Crippen LogP contribution in [0.3, 0.4) is 0 Å². The highest BCUT2D eigenvalue weighted by Gasteiger charge is 2.41.